The molecule has 172 valence electrons. The number of hydrogen-bond acceptors (Lipinski definition) is 5. The van der Waals surface area contributed by atoms with Crippen LogP contribution < -0.4 is 9.47 Å². The fourth-order valence-corrected chi connectivity index (χ4v) is 5.13. The molecule has 5 rings (SSSR count). The second-order valence-corrected chi connectivity index (χ2v) is 8.88. The van der Waals surface area contributed by atoms with Gasteiger partial charge in [0.1, 0.15) is 11.5 Å². The van der Waals surface area contributed by atoms with Crippen molar-refractivity contribution in [2.45, 2.75) is 32.2 Å². The van der Waals surface area contributed by atoms with Crippen LogP contribution >= 0.6 is 0 Å². The largest absolute Gasteiger partial charge is 0.497 e. The highest BCUT2D eigenvalue weighted by molar-refractivity contribution is 6.07. The fraction of sp³-hybridized carbons (Fsp3) is 0.407. The number of fused-ring (bicyclic) bond motifs is 2. The second kappa shape index (κ2) is 9.40. The number of benzene rings is 2. The lowest BCUT2D eigenvalue weighted by Crippen LogP contribution is -2.48. The summed E-state index contributed by atoms with van der Waals surface area (Å²) in [7, 11) is 3.37. The molecule has 3 aromatic rings. The molecule has 0 saturated carbocycles. The van der Waals surface area contributed by atoms with Gasteiger partial charge in [-0.25, -0.2) is 0 Å². The Morgan fingerprint density at radius 3 is 2.55 bits per heavy atom. The maximum Gasteiger partial charge on any atom is 0.254 e. The molecule has 0 unspecified atom stereocenters. The lowest BCUT2D eigenvalue weighted by atomic mass is 9.89. The number of aryl methyl sites for hydroxylation is 1. The van der Waals surface area contributed by atoms with E-state index in [1.165, 1.54) is 5.56 Å². The van der Waals surface area contributed by atoms with E-state index in [0.717, 1.165) is 97.6 Å². The summed E-state index contributed by atoms with van der Waals surface area (Å²) in [5.74, 6) is 1.85. The van der Waals surface area contributed by atoms with Crippen LogP contribution in [0.15, 0.2) is 42.5 Å². The van der Waals surface area contributed by atoms with Crippen LogP contribution in [0.5, 0.6) is 11.5 Å². The minimum Gasteiger partial charge on any atom is -0.497 e. The van der Waals surface area contributed by atoms with E-state index in [0.29, 0.717) is 0 Å². The number of para-hydroxylation sites is 1. The molecule has 2 aromatic carbocycles. The molecule has 0 N–H and O–H groups in total. The van der Waals surface area contributed by atoms with Crippen molar-refractivity contribution >= 4 is 16.8 Å². The number of rotatable bonds is 5. The summed E-state index contributed by atoms with van der Waals surface area (Å²) in [4.78, 5) is 23.1. The molecule has 2 heterocycles. The molecule has 0 atom stereocenters. The number of carbonyl (C=O) groups is 1. The average molecular weight is 446 g/mol. The van der Waals surface area contributed by atoms with Crippen molar-refractivity contribution in [2.75, 3.05) is 40.4 Å². The molecule has 33 heavy (non-hydrogen) atoms. The van der Waals surface area contributed by atoms with Crippen LogP contribution in [0.2, 0.25) is 0 Å². The summed E-state index contributed by atoms with van der Waals surface area (Å²) >= 11 is 0. The van der Waals surface area contributed by atoms with Crippen LogP contribution in [0.25, 0.3) is 10.9 Å². The van der Waals surface area contributed by atoms with Crippen LogP contribution in [0.4, 0.5) is 0 Å². The van der Waals surface area contributed by atoms with E-state index in [9.17, 15) is 4.79 Å². The Morgan fingerprint density at radius 2 is 1.76 bits per heavy atom. The highest BCUT2D eigenvalue weighted by atomic mass is 16.5. The van der Waals surface area contributed by atoms with Crippen molar-refractivity contribution in [2.24, 2.45) is 0 Å². The predicted octanol–water partition coefficient (Wildman–Crippen LogP) is 4.09. The van der Waals surface area contributed by atoms with Crippen molar-refractivity contribution < 1.29 is 14.3 Å². The average Bonchev–Trinajstić information content (AvgIpc) is 2.87. The zero-order valence-electron chi connectivity index (χ0n) is 19.5. The summed E-state index contributed by atoms with van der Waals surface area (Å²) in [5.41, 5.74) is 5.22. The van der Waals surface area contributed by atoms with Gasteiger partial charge in [-0.2, -0.15) is 0 Å². The standard InChI is InChI=1S/C27H31N3O3/c1-32-20-11-12-25(33-2)19(17-20)18-29-13-15-30(16-14-29)27(31)26-21-7-3-5-9-23(21)28-24-10-6-4-8-22(24)26/h3,5,7,9,11-12,17H,4,6,8,10,13-16,18H2,1-2H3. The minimum atomic E-state index is 0.158. The van der Waals surface area contributed by atoms with Gasteiger partial charge in [0.2, 0.25) is 0 Å². The first-order valence-corrected chi connectivity index (χ1v) is 11.8. The van der Waals surface area contributed by atoms with Crippen LogP contribution in [0.3, 0.4) is 0 Å². The third kappa shape index (κ3) is 4.27. The SMILES string of the molecule is COc1ccc(OC)c(CN2CCN(C(=O)c3c4c(nc5ccccc35)CCCC4)CC2)c1. The Bertz CT molecular complexity index is 1170. The van der Waals surface area contributed by atoms with E-state index >= 15 is 0 Å². The van der Waals surface area contributed by atoms with Crippen LogP contribution in [0.1, 0.15) is 40.0 Å². The topological polar surface area (TPSA) is 54.9 Å². The molecule has 0 radical (unpaired) electrons. The van der Waals surface area contributed by atoms with Gasteiger partial charge in [0.05, 0.1) is 25.3 Å². The number of ether oxygens (including phenoxy) is 2. The summed E-state index contributed by atoms with van der Waals surface area (Å²) in [5, 5.41) is 0.992. The number of methoxy groups -OCH3 is 2. The van der Waals surface area contributed by atoms with Crippen LogP contribution in [-0.4, -0.2) is 61.1 Å². The number of amides is 1. The van der Waals surface area contributed by atoms with Crippen LogP contribution in [-0.2, 0) is 19.4 Å². The monoisotopic (exact) mass is 445 g/mol. The Hall–Kier alpha value is -3.12. The number of aromatic nitrogens is 1. The van der Waals surface area contributed by atoms with Crippen molar-refractivity contribution in [3.8, 4) is 11.5 Å². The van der Waals surface area contributed by atoms with E-state index in [1.54, 1.807) is 14.2 Å². The first-order chi connectivity index (χ1) is 16.2. The van der Waals surface area contributed by atoms with Gasteiger partial charge in [0.25, 0.3) is 5.91 Å². The Morgan fingerprint density at radius 1 is 0.970 bits per heavy atom. The smallest absolute Gasteiger partial charge is 0.254 e. The molecular formula is C27H31N3O3. The van der Waals surface area contributed by atoms with Gasteiger partial charge in [-0.15, -0.1) is 0 Å². The van der Waals surface area contributed by atoms with Crippen LogP contribution in [0, 0.1) is 0 Å². The van der Waals surface area contributed by atoms with Gasteiger partial charge in [0, 0.05) is 49.4 Å². The molecule has 6 heteroatoms. The first-order valence-electron chi connectivity index (χ1n) is 11.8. The maximum atomic E-state index is 13.8. The summed E-state index contributed by atoms with van der Waals surface area (Å²) in [6.07, 6.45) is 4.20. The van der Waals surface area contributed by atoms with Gasteiger partial charge in [-0.3, -0.25) is 14.7 Å². The first kappa shape index (κ1) is 21.7. The van der Waals surface area contributed by atoms with Crippen molar-refractivity contribution in [3.05, 3.63) is 64.8 Å². The minimum absolute atomic E-state index is 0.158. The number of hydrogen-bond donors (Lipinski definition) is 0. The van der Waals surface area contributed by atoms with Gasteiger partial charge in [0.15, 0.2) is 0 Å². The molecule has 1 aliphatic heterocycles. The molecule has 1 fully saturated rings. The highest BCUT2D eigenvalue weighted by Crippen LogP contribution is 2.31. The molecule has 2 aliphatic rings. The predicted molar refractivity (Wildman–Crippen MR) is 129 cm³/mol. The van der Waals surface area contributed by atoms with Gasteiger partial charge < -0.3 is 14.4 Å². The zero-order chi connectivity index (χ0) is 22.8. The number of carbonyl (C=O) groups excluding carboxylic acids is 1. The quantitative estimate of drug-likeness (QED) is 0.592. The summed E-state index contributed by atoms with van der Waals surface area (Å²) < 4.78 is 10.9. The highest BCUT2D eigenvalue weighted by Gasteiger charge is 2.28. The normalized spacial score (nSPS) is 16.5. The van der Waals surface area contributed by atoms with Gasteiger partial charge in [-0.05, 0) is 55.5 Å². The Labute approximate surface area is 195 Å². The zero-order valence-corrected chi connectivity index (χ0v) is 19.5. The molecule has 1 aliphatic carbocycles. The van der Waals surface area contributed by atoms with Crippen molar-refractivity contribution in [1.29, 1.82) is 0 Å². The molecule has 1 amide bonds. The van der Waals surface area contributed by atoms with E-state index in [2.05, 4.69) is 11.0 Å². The molecule has 6 nitrogen and oxygen atoms in total. The third-order valence-electron chi connectivity index (χ3n) is 6.92. The fourth-order valence-electron chi connectivity index (χ4n) is 5.13. The summed E-state index contributed by atoms with van der Waals surface area (Å²) in [6, 6.07) is 14.0. The van der Waals surface area contributed by atoms with E-state index < -0.39 is 0 Å². The molecule has 1 saturated heterocycles. The molecular weight excluding hydrogens is 414 g/mol. The molecule has 1 aromatic heterocycles. The second-order valence-electron chi connectivity index (χ2n) is 8.88. The lowest BCUT2D eigenvalue weighted by Gasteiger charge is -2.35. The number of piperazine rings is 1. The van der Waals surface area contributed by atoms with E-state index in [-0.39, 0.29) is 5.91 Å². The number of nitrogens with zero attached hydrogens (tertiary/aromatic N) is 3. The van der Waals surface area contributed by atoms with Crippen molar-refractivity contribution in [3.63, 3.8) is 0 Å². The van der Waals surface area contributed by atoms with E-state index in [1.807, 2.05) is 41.3 Å². The van der Waals surface area contributed by atoms with Gasteiger partial charge in [-0.1, -0.05) is 18.2 Å². The third-order valence-corrected chi connectivity index (χ3v) is 6.92. The van der Waals surface area contributed by atoms with Gasteiger partial charge >= 0.3 is 0 Å². The summed E-state index contributed by atoms with van der Waals surface area (Å²) in [6.45, 7) is 3.87. The molecule has 0 spiro atoms. The lowest BCUT2D eigenvalue weighted by molar-refractivity contribution is 0.0628. The van der Waals surface area contributed by atoms with E-state index in [4.69, 9.17) is 14.5 Å². The Balaban J connectivity index is 1.34. The molecule has 0 bridgehead atoms. The Kier molecular flexibility index (Phi) is 6.18. The maximum absolute atomic E-state index is 13.8. The van der Waals surface area contributed by atoms with Crippen molar-refractivity contribution in [1.82, 2.24) is 14.8 Å². The number of pyridine rings is 1.